The van der Waals surface area contributed by atoms with Gasteiger partial charge < -0.3 is 15.9 Å². The van der Waals surface area contributed by atoms with E-state index in [1.807, 2.05) is 0 Å². The Labute approximate surface area is 75.6 Å². The molecule has 0 heterocycles. The lowest BCUT2D eigenvalue weighted by atomic mass is 10.0. The fourth-order valence-corrected chi connectivity index (χ4v) is 1.02. The Kier molecular flexibility index (Phi) is 2.85. The number of phenols is 1. The number of hydrogen-bond donors (Lipinski definition) is 3. The van der Waals surface area contributed by atoms with E-state index in [0.29, 0.717) is 5.56 Å². The molecule has 1 rings (SSSR count). The molecular weight excluding hydrogens is 173 g/mol. The summed E-state index contributed by atoms with van der Waals surface area (Å²) in [7, 11) is 0. The fraction of sp³-hybridized carbons (Fsp3) is 0.333. The fourth-order valence-electron chi connectivity index (χ4n) is 1.02. The maximum Gasteiger partial charge on any atom is 0.164 e. The highest BCUT2D eigenvalue weighted by molar-refractivity contribution is 5.31. The molecule has 0 saturated heterocycles. The van der Waals surface area contributed by atoms with Crippen molar-refractivity contribution in [3.8, 4) is 5.75 Å². The lowest BCUT2D eigenvalue weighted by Crippen LogP contribution is -2.23. The first-order chi connectivity index (χ1) is 6.02. The molecule has 4 heteroatoms. The van der Waals surface area contributed by atoms with E-state index < -0.39 is 23.7 Å². The zero-order valence-electron chi connectivity index (χ0n) is 7.24. The Bertz CT molecular complexity index is 302. The second kappa shape index (κ2) is 3.72. The van der Waals surface area contributed by atoms with E-state index in [0.717, 1.165) is 6.07 Å². The first kappa shape index (κ1) is 9.95. The Morgan fingerprint density at radius 3 is 2.54 bits per heavy atom. The summed E-state index contributed by atoms with van der Waals surface area (Å²) in [5.41, 5.74) is 6.08. The number of benzene rings is 1. The van der Waals surface area contributed by atoms with Gasteiger partial charge in [-0.3, -0.25) is 0 Å². The van der Waals surface area contributed by atoms with Gasteiger partial charge in [-0.2, -0.15) is 0 Å². The molecule has 2 atom stereocenters. The molecule has 0 fully saturated rings. The van der Waals surface area contributed by atoms with Crippen molar-refractivity contribution in [2.75, 3.05) is 0 Å². The molecule has 3 nitrogen and oxygen atoms in total. The first-order valence-corrected chi connectivity index (χ1v) is 3.94. The van der Waals surface area contributed by atoms with Crippen LogP contribution in [0.4, 0.5) is 4.39 Å². The van der Waals surface area contributed by atoms with Crippen molar-refractivity contribution in [2.45, 2.75) is 19.1 Å². The standard InChI is InChI=1S/C9H12FNO2/c1-5(12)9(11)6-2-3-7(10)8(13)4-6/h2-5,9,12-13H,11H2,1H3/t5-,9-/m0/s1. The monoisotopic (exact) mass is 185 g/mol. The molecule has 0 aromatic heterocycles. The minimum absolute atomic E-state index is 0.450. The van der Waals surface area contributed by atoms with E-state index in [-0.39, 0.29) is 0 Å². The second-order valence-corrected chi connectivity index (χ2v) is 2.98. The van der Waals surface area contributed by atoms with Gasteiger partial charge in [-0.1, -0.05) is 6.07 Å². The van der Waals surface area contributed by atoms with Gasteiger partial charge in [0.05, 0.1) is 12.1 Å². The summed E-state index contributed by atoms with van der Waals surface area (Å²) in [6, 6.07) is 3.16. The minimum Gasteiger partial charge on any atom is -0.505 e. The van der Waals surface area contributed by atoms with Crippen LogP contribution < -0.4 is 5.73 Å². The van der Waals surface area contributed by atoms with E-state index >= 15 is 0 Å². The zero-order chi connectivity index (χ0) is 10.0. The van der Waals surface area contributed by atoms with E-state index in [9.17, 15) is 4.39 Å². The molecule has 13 heavy (non-hydrogen) atoms. The smallest absolute Gasteiger partial charge is 0.164 e. The van der Waals surface area contributed by atoms with Crippen molar-refractivity contribution in [2.24, 2.45) is 5.73 Å². The van der Waals surface area contributed by atoms with Crippen LogP contribution in [0.25, 0.3) is 0 Å². The van der Waals surface area contributed by atoms with Gasteiger partial charge in [0.2, 0.25) is 0 Å². The third-order valence-corrected chi connectivity index (χ3v) is 1.87. The van der Waals surface area contributed by atoms with Crippen LogP contribution in [-0.4, -0.2) is 16.3 Å². The van der Waals surface area contributed by atoms with E-state index in [1.54, 1.807) is 0 Å². The molecule has 0 saturated carbocycles. The number of halogens is 1. The van der Waals surface area contributed by atoms with Gasteiger partial charge in [0.15, 0.2) is 11.6 Å². The summed E-state index contributed by atoms with van der Waals surface area (Å²) in [4.78, 5) is 0. The molecule has 0 aliphatic heterocycles. The van der Waals surface area contributed by atoms with Gasteiger partial charge in [0, 0.05) is 0 Å². The average Bonchev–Trinajstić information content (AvgIpc) is 2.08. The molecule has 0 unspecified atom stereocenters. The van der Waals surface area contributed by atoms with Crippen molar-refractivity contribution in [3.05, 3.63) is 29.6 Å². The normalized spacial score (nSPS) is 15.4. The van der Waals surface area contributed by atoms with Crippen LogP contribution in [-0.2, 0) is 0 Å². The molecule has 72 valence electrons. The third kappa shape index (κ3) is 2.17. The molecule has 4 N–H and O–H groups in total. The summed E-state index contributed by atoms with van der Waals surface area (Å²) in [5.74, 6) is -1.14. The predicted molar refractivity (Wildman–Crippen MR) is 46.7 cm³/mol. The summed E-state index contributed by atoms with van der Waals surface area (Å²) in [6.45, 7) is 1.53. The van der Waals surface area contributed by atoms with Crippen LogP contribution in [0.15, 0.2) is 18.2 Å². The van der Waals surface area contributed by atoms with Crippen molar-refractivity contribution in [1.29, 1.82) is 0 Å². The number of aromatic hydroxyl groups is 1. The summed E-state index contributed by atoms with van der Waals surface area (Å²) in [6.07, 6.45) is -0.732. The van der Waals surface area contributed by atoms with Crippen molar-refractivity contribution < 1.29 is 14.6 Å². The van der Waals surface area contributed by atoms with Crippen LogP contribution >= 0.6 is 0 Å². The molecule has 0 aliphatic rings. The molecular formula is C9H12FNO2. The van der Waals surface area contributed by atoms with Gasteiger partial charge in [0.25, 0.3) is 0 Å². The highest BCUT2D eigenvalue weighted by Gasteiger charge is 2.13. The van der Waals surface area contributed by atoms with Gasteiger partial charge >= 0.3 is 0 Å². The summed E-state index contributed by atoms with van der Waals surface area (Å²) < 4.78 is 12.6. The third-order valence-electron chi connectivity index (χ3n) is 1.87. The van der Waals surface area contributed by atoms with Gasteiger partial charge in [-0.25, -0.2) is 4.39 Å². The number of nitrogens with two attached hydrogens (primary N) is 1. The number of rotatable bonds is 2. The Hall–Kier alpha value is -1.13. The number of aliphatic hydroxyl groups excluding tert-OH is 1. The van der Waals surface area contributed by atoms with E-state index in [2.05, 4.69) is 0 Å². The molecule has 0 radical (unpaired) electrons. The minimum atomic E-state index is -0.732. The van der Waals surface area contributed by atoms with E-state index in [4.69, 9.17) is 15.9 Å². The molecule has 1 aromatic rings. The van der Waals surface area contributed by atoms with Crippen LogP contribution in [0, 0.1) is 5.82 Å². The Morgan fingerprint density at radius 1 is 1.46 bits per heavy atom. The van der Waals surface area contributed by atoms with Crippen LogP contribution in [0.1, 0.15) is 18.5 Å². The topological polar surface area (TPSA) is 66.5 Å². The summed E-state index contributed by atoms with van der Waals surface area (Å²) >= 11 is 0. The highest BCUT2D eigenvalue weighted by Crippen LogP contribution is 2.21. The van der Waals surface area contributed by atoms with Crippen molar-refractivity contribution in [3.63, 3.8) is 0 Å². The quantitative estimate of drug-likeness (QED) is 0.641. The maximum atomic E-state index is 12.6. The van der Waals surface area contributed by atoms with Crippen LogP contribution in [0.2, 0.25) is 0 Å². The largest absolute Gasteiger partial charge is 0.505 e. The second-order valence-electron chi connectivity index (χ2n) is 2.98. The van der Waals surface area contributed by atoms with Crippen molar-refractivity contribution in [1.82, 2.24) is 0 Å². The highest BCUT2D eigenvalue weighted by atomic mass is 19.1. The summed E-state index contributed by atoms with van der Waals surface area (Å²) in [5, 5.41) is 18.2. The Morgan fingerprint density at radius 2 is 2.08 bits per heavy atom. The number of hydrogen-bond acceptors (Lipinski definition) is 3. The molecule has 0 amide bonds. The zero-order valence-corrected chi connectivity index (χ0v) is 7.24. The molecule has 0 bridgehead atoms. The number of phenolic OH excluding ortho intramolecular Hbond substituents is 1. The van der Waals surface area contributed by atoms with Gasteiger partial charge in [-0.15, -0.1) is 0 Å². The van der Waals surface area contributed by atoms with Gasteiger partial charge in [0.1, 0.15) is 0 Å². The van der Waals surface area contributed by atoms with E-state index in [1.165, 1.54) is 19.1 Å². The van der Waals surface area contributed by atoms with Crippen LogP contribution in [0.5, 0.6) is 5.75 Å². The SMILES string of the molecule is C[C@H](O)[C@H](N)c1ccc(F)c(O)c1. The lowest BCUT2D eigenvalue weighted by Gasteiger charge is -2.15. The van der Waals surface area contributed by atoms with Gasteiger partial charge in [-0.05, 0) is 24.6 Å². The molecule has 0 spiro atoms. The number of aliphatic hydroxyl groups is 1. The predicted octanol–water partition coefficient (Wildman–Crippen LogP) is 0.912. The molecule has 1 aromatic carbocycles. The Balaban J connectivity index is 2.97. The lowest BCUT2D eigenvalue weighted by molar-refractivity contribution is 0.164. The average molecular weight is 185 g/mol. The first-order valence-electron chi connectivity index (χ1n) is 3.94. The van der Waals surface area contributed by atoms with Crippen LogP contribution in [0.3, 0.4) is 0 Å². The maximum absolute atomic E-state index is 12.6. The molecule has 0 aliphatic carbocycles. The van der Waals surface area contributed by atoms with Crippen molar-refractivity contribution >= 4 is 0 Å².